The Morgan fingerprint density at radius 3 is 2.79 bits per heavy atom. The molecule has 0 radical (unpaired) electrons. The Bertz CT molecular complexity index is 1060. The number of nitrogens with zero attached hydrogens (tertiary/aromatic N) is 4. The molecule has 150 valence electrons. The highest BCUT2D eigenvalue weighted by Gasteiger charge is 2.72. The largest absolute Gasteiger partial charge is 0.454 e. The van der Waals surface area contributed by atoms with Gasteiger partial charge in [-0.05, 0) is 25.0 Å². The molecule has 2 aliphatic heterocycles. The number of amides is 1. The van der Waals surface area contributed by atoms with Crippen molar-refractivity contribution in [2.24, 2.45) is 5.92 Å². The number of hydrogen-bond acceptors (Lipinski definition) is 7. The van der Waals surface area contributed by atoms with Crippen molar-refractivity contribution in [3.05, 3.63) is 23.9 Å². The molecule has 29 heavy (non-hydrogen) atoms. The smallest absolute Gasteiger partial charge is 0.246 e. The number of fused-ring (bicyclic) bond motifs is 3. The number of anilines is 4. The van der Waals surface area contributed by atoms with Gasteiger partial charge in [-0.25, -0.2) is 9.37 Å². The van der Waals surface area contributed by atoms with Crippen LogP contribution in [0.2, 0.25) is 0 Å². The SMILES string of the molecule is Cc1cc2c(cc1Nc1ncc3c(n1)N(C14CC1[C@@H](F)C4)CC(=O)N3C)OCO2. The number of ether oxygens (including phenoxy) is 2. The molecule has 0 bridgehead atoms. The highest BCUT2D eigenvalue weighted by atomic mass is 19.1. The van der Waals surface area contributed by atoms with Gasteiger partial charge in [0.05, 0.1) is 18.3 Å². The Balaban J connectivity index is 1.36. The maximum Gasteiger partial charge on any atom is 0.246 e. The normalized spacial score (nSPS) is 28.6. The third-order valence-electron chi connectivity index (χ3n) is 6.63. The van der Waals surface area contributed by atoms with Crippen molar-refractivity contribution in [3.8, 4) is 11.5 Å². The molecule has 1 N–H and O–H groups in total. The van der Waals surface area contributed by atoms with E-state index in [1.807, 2.05) is 24.0 Å². The third-order valence-corrected chi connectivity index (χ3v) is 6.63. The molecule has 0 spiro atoms. The summed E-state index contributed by atoms with van der Waals surface area (Å²) in [7, 11) is 1.72. The number of benzene rings is 1. The van der Waals surface area contributed by atoms with Crippen LogP contribution in [-0.4, -0.2) is 48.0 Å². The van der Waals surface area contributed by atoms with E-state index in [1.165, 1.54) is 0 Å². The monoisotopic (exact) mass is 397 g/mol. The zero-order chi connectivity index (χ0) is 19.9. The van der Waals surface area contributed by atoms with Crippen LogP contribution in [0.5, 0.6) is 11.5 Å². The zero-order valence-electron chi connectivity index (χ0n) is 16.1. The van der Waals surface area contributed by atoms with Crippen LogP contribution in [0.15, 0.2) is 18.3 Å². The molecule has 2 aliphatic carbocycles. The van der Waals surface area contributed by atoms with Gasteiger partial charge < -0.3 is 24.6 Å². The maximum absolute atomic E-state index is 13.8. The molecule has 1 amide bonds. The van der Waals surface area contributed by atoms with Gasteiger partial charge in [-0.1, -0.05) is 0 Å². The first-order chi connectivity index (χ1) is 14.0. The van der Waals surface area contributed by atoms with E-state index in [0.717, 1.165) is 23.4 Å². The standard InChI is InChI=1S/C20H20FN5O3/c1-10-3-15-16(29-9-28-15)4-13(10)23-19-22-7-14-18(24-19)26(8-17(27)25(14)2)20-5-11(20)12(21)6-20/h3-4,7,11-12H,5-6,8-9H2,1-2H3,(H,22,23,24)/t11?,12-,20?/m0/s1. The predicted octanol–water partition coefficient (Wildman–Crippen LogP) is 2.54. The molecule has 9 heteroatoms. The Kier molecular flexibility index (Phi) is 3.18. The molecule has 8 nitrogen and oxygen atoms in total. The van der Waals surface area contributed by atoms with Gasteiger partial charge in [-0.3, -0.25) is 4.79 Å². The lowest BCUT2D eigenvalue weighted by molar-refractivity contribution is -0.117. The molecule has 4 aliphatic rings. The van der Waals surface area contributed by atoms with Gasteiger partial charge >= 0.3 is 0 Å². The topological polar surface area (TPSA) is 79.8 Å². The van der Waals surface area contributed by atoms with Gasteiger partial charge in [0.25, 0.3) is 0 Å². The molecule has 2 fully saturated rings. The summed E-state index contributed by atoms with van der Waals surface area (Å²) in [6.07, 6.45) is 2.11. The summed E-state index contributed by atoms with van der Waals surface area (Å²) >= 11 is 0. The lowest BCUT2D eigenvalue weighted by Crippen LogP contribution is -2.55. The van der Waals surface area contributed by atoms with E-state index in [1.54, 1.807) is 18.1 Å². The minimum absolute atomic E-state index is 0.00837. The van der Waals surface area contributed by atoms with Gasteiger partial charge in [0.15, 0.2) is 17.3 Å². The molecular formula is C20H20FN5O3. The van der Waals surface area contributed by atoms with Crippen LogP contribution in [0.25, 0.3) is 0 Å². The molecule has 0 saturated heterocycles. The molecule has 3 heterocycles. The molecule has 3 atom stereocenters. The quantitative estimate of drug-likeness (QED) is 0.853. The fraction of sp³-hybridized carbons (Fsp3) is 0.450. The number of rotatable bonds is 3. The average molecular weight is 397 g/mol. The predicted molar refractivity (Wildman–Crippen MR) is 104 cm³/mol. The Labute approximate surface area is 166 Å². The van der Waals surface area contributed by atoms with Crippen molar-refractivity contribution >= 4 is 29.0 Å². The fourth-order valence-electron chi connectivity index (χ4n) is 4.74. The number of aromatic nitrogens is 2. The van der Waals surface area contributed by atoms with Crippen LogP contribution in [-0.2, 0) is 4.79 Å². The van der Waals surface area contributed by atoms with Crippen molar-refractivity contribution in [1.29, 1.82) is 0 Å². The third kappa shape index (κ3) is 2.27. The first-order valence-electron chi connectivity index (χ1n) is 9.69. The Morgan fingerprint density at radius 2 is 2.07 bits per heavy atom. The van der Waals surface area contributed by atoms with E-state index in [-0.39, 0.29) is 30.7 Å². The molecule has 6 rings (SSSR count). The van der Waals surface area contributed by atoms with Crippen molar-refractivity contribution in [3.63, 3.8) is 0 Å². The van der Waals surface area contributed by atoms with Crippen LogP contribution in [0, 0.1) is 12.8 Å². The minimum Gasteiger partial charge on any atom is -0.454 e. The van der Waals surface area contributed by atoms with E-state index >= 15 is 0 Å². The molecule has 2 aromatic rings. The van der Waals surface area contributed by atoms with Gasteiger partial charge in [0.2, 0.25) is 18.6 Å². The summed E-state index contributed by atoms with van der Waals surface area (Å²) in [6, 6.07) is 3.77. The number of aryl methyl sites for hydroxylation is 1. The Morgan fingerprint density at radius 1 is 1.28 bits per heavy atom. The number of alkyl halides is 1. The van der Waals surface area contributed by atoms with Gasteiger partial charge in [-0.15, -0.1) is 0 Å². The maximum atomic E-state index is 13.8. The summed E-state index contributed by atoms with van der Waals surface area (Å²) in [5.41, 5.74) is 2.18. The number of likely N-dealkylation sites (N-methyl/N-ethyl adjacent to an activating group) is 1. The molecule has 1 aromatic carbocycles. The van der Waals surface area contributed by atoms with Crippen molar-refractivity contribution in [1.82, 2.24) is 9.97 Å². The summed E-state index contributed by atoms with van der Waals surface area (Å²) in [4.78, 5) is 25.2. The van der Waals surface area contributed by atoms with Crippen LogP contribution in [0.1, 0.15) is 18.4 Å². The van der Waals surface area contributed by atoms with E-state index in [4.69, 9.17) is 14.5 Å². The molecular weight excluding hydrogens is 377 g/mol. The first kappa shape index (κ1) is 16.8. The zero-order valence-corrected chi connectivity index (χ0v) is 16.1. The summed E-state index contributed by atoms with van der Waals surface area (Å²) in [6.45, 7) is 2.39. The minimum atomic E-state index is -0.774. The van der Waals surface area contributed by atoms with Crippen LogP contribution >= 0.6 is 0 Å². The first-order valence-corrected chi connectivity index (χ1v) is 9.69. The second kappa shape index (κ2) is 5.49. The van der Waals surface area contributed by atoms with Crippen LogP contribution in [0.3, 0.4) is 0 Å². The van der Waals surface area contributed by atoms with Crippen molar-refractivity contribution in [2.75, 3.05) is 35.5 Å². The van der Waals surface area contributed by atoms with E-state index in [9.17, 15) is 9.18 Å². The second-order valence-corrected chi connectivity index (χ2v) is 8.22. The number of halogens is 1. The highest BCUT2D eigenvalue weighted by Crippen LogP contribution is 2.66. The van der Waals surface area contributed by atoms with Crippen molar-refractivity contribution < 1.29 is 18.7 Å². The summed E-state index contributed by atoms with van der Waals surface area (Å²) in [5, 5.41) is 3.25. The molecule has 1 aromatic heterocycles. The average Bonchev–Trinajstić information content (AvgIpc) is 3.08. The van der Waals surface area contributed by atoms with Gasteiger partial charge in [0, 0.05) is 31.1 Å². The number of carbonyl (C=O) groups is 1. The molecule has 2 saturated carbocycles. The second-order valence-electron chi connectivity index (χ2n) is 8.22. The number of nitrogens with one attached hydrogen (secondary N) is 1. The lowest BCUT2D eigenvalue weighted by Gasteiger charge is -2.44. The van der Waals surface area contributed by atoms with E-state index < -0.39 is 6.17 Å². The molecule has 2 unspecified atom stereocenters. The number of carbonyl (C=O) groups excluding carboxylic acids is 1. The van der Waals surface area contributed by atoms with Crippen LogP contribution in [0.4, 0.5) is 27.5 Å². The number of hydrogen-bond donors (Lipinski definition) is 1. The van der Waals surface area contributed by atoms with E-state index in [0.29, 0.717) is 29.6 Å². The summed E-state index contributed by atoms with van der Waals surface area (Å²) in [5.74, 6) is 2.46. The van der Waals surface area contributed by atoms with Crippen molar-refractivity contribution in [2.45, 2.75) is 31.5 Å². The highest BCUT2D eigenvalue weighted by molar-refractivity contribution is 6.02. The Hall–Kier alpha value is -3.10. The van der Waals surface area contributed by atoms with E-state index in [2.05, 4.69) is 10.3 Å². The van der Waals surface area contributed by atoms with Crippen LogP contribution < -0.4 is 24.6 Å². The van der Waals surface area contributed by atoms with Gasteiger partial charge in [-0.2, -0.15) is 4.98 Å². The fourth-order valence-corrected chi connectivity index (χ4v) is 4.74. The summed E-state index contributed by atoms with van der Waals surface area (Å²) < 4.78 is 24.7. The van der Waals surface area contributed by atoms with Gasteiger partial charge in [0.1, 0.15) is 11.9 Å². The lowest BCUT2D eigenvalue weighted by atomic mass is 9.88.